The molecule has 2 heterocycles. The number of ether oxygens (including phenoxy) is 1. The largest absolute Gasteiger partial charge is 0.457 e. The Morgan fingerprint density at radius 3 is 2.39 bits per heavy atom. The number of amides is 1. The molecular weight excluding hydrogens is 442 g/mol. The van der Waals surface area contributed by atoms with Crippen LogP contribution in [-0.4, -0.2) is 20.7 Å². The molecule has 6 nitrogen and oxygen atoms in total. The lowest BCUT2D eigenvalue weighted by Crippen LogP contribution is -2.25. The van der Waals surface area contributed by atoms with Crippen LogP contribution in [0.2, 0.25) is 10.0 Å². The van der Waals surface area contributed by atoms with E-state index >= 15 is 0 Å². The number of carbonyl (C=O) groups excluding carboxylic acids is 1. The Labute approximate surface area is 187 Å². The lowest BCUT2D eigenvalue weighted by atomic mass is 10.2. The summed E-state index contributed by atoms with van der Waals surface area (Å²) in [6.07, 6.45) is 2.92. The molecule has 4 aromatic rings. The van der Waals surface area contributed by atoms with Gasteiger partial charge in [-0.1, -0.05) is 35.3 Å². The molecule has 0 atom stereocenters. The fourth-order valence-electron chi connectivity index (χ4n) is 2.79. The summed E-state index contributed by atoms with van der Waals surface area (Å²) in [5.74, 6) is 0.780. The van der Waals surface area contributed by atoms with Gasteiger partial charge >= 0.3 is 0 Å². The Morgan fingerprint density at radius 2 is 1.71 bits per heavy atom. The molecule has 0 spiro atoms. The van der Waals surface area contributed by atoms with Crippen LogP contribution in [0.4, 0.5) is 4.39 Å². The molecule has 4 rings (SSSR count). The predicted octanol–water partition coefficient (Wildman–Crippen LogP) is 5.44. The third kappa shape index (κ3) is 5.02. The Balaban J connectivity index is 1.40. The molecule has 1 amide bonds. The first-order valence-corrected chi connectivity index (χ1v) is 9.91. The fourth-order valence-corrected chi connectivity index (χ4v) is 3.25. The van der Waals surface area contributed by atoms with Gasteiger partial charge in [-0.05, 0) is 54.1 Å². The molecule has 0 aliphatic heterocycles. The lowest BCUT2D eigenvalue weighted by molar-refractivity contribution is 0.0943. The van der Waals surface area contributed by atoms with E-state index in [1.165, 1.54) is 35.3 Å². The van der Waals surface area contributed by atoms with Gasteiger partial charge in [0.1, 0.15) is 23.0 Å². The molecule has 156 valence electrons. The average Bonchev–Trinajstić information content (AvgIpc) is 3.24. The van der Waals surface area contributed by atoms with Gasteiger partial charge in [0.15, 0.2) is 5.82 Å². The van der Waals surface area contributed by atoms with E-state index in [1.54, 1.807) is 30.3 Å². The van der Waals surface area contributed by atoms with Gasteiger partial charge in [-0.3, -0.25) is 4.79 Å². The Morgan fingerprint density at radius 1 is 1.03 bits per heavy atom. The second-order valence-corrected chi connectivity index (χ2v) is 7.31. The summed E-state index contributed by atoms with van der Waals surface area (Å²) in [4.78, 5) is 16.8. The van der Waals surface area contributed by atoms with Crippen molar-refractivity contribution in [2.45, 2.75) is 6.54 Å². The van der Waals surface area contributed by atoms with Crippen molar-refractivity contribution in [3.8, 4) is 17.3 Å². The van der Waals surface area contributed by atoms with Crippen LogP contribution in [0.5, 0.6) is 11.5 Å². The van der Waals surface area contributed by atoms with E-state index in [0.717, 1.165) is 5.56 Å². The number of pyridine rings is 1. The maximum atomic E-state index is 13.0. The average molecular weight is 457 g/mol. The normalized spacial score (nSPS) is 10.7. The molecule has 0 aliphatic rings. The highest BCUT2D eigenvalue weighted by atomic mass is 35.5. The minimum Gasteiger partial charge on any atom is -0.457 e. The first kappa shape index (κ1) is 20.8. The van der Waals surface area contributed by atoms with E-state index in [-0.39, 0.29) is 22.4 Å². The standard InChI is InChI=1S/C22H15Cl2FN4O2/c23-15-11-19(24)21(26-13-15)29-20(9-10-28-29)22(30)27-12-14-1-5-17(6-2-14)31-18-7-3-16(25)4-8-18/h1-11,13H,12H2,(H,27,30). The molecule has 0 fully saturated rings. The van der Waals surface area contributed by atoms with Crippen LogP contribution in [0.3, 0.4) is 0 Å². The first-order valence-electron chi connectivity index (χ1n) is 9.15. The third-order valence-electron chi connectivity index (χ3n) is 4.29. The summed E-state index contributed by atoms with van der Waals surface area (Å²) in [6.45, 7) is 0.294. The second-order valence-electron chi connectivity index (χ2n) is 6.47. The predicted molar refractivity (Wildman–Crippen MR) is 115 cm³/mol. The molecule has 31 heavy (non-hydrogen) atoms. The number of carbonyl (C=O) groups is 1. The van der Waals surface area contributed by atoms with Crippen LogP contribution < -0.4 is 10.1 Å². The summed E-state index contributed by atoms with van der Waals surface area (Å²) >= 11 is 12.1. The molecule has 0 saturated carbocycles. The van der Waals surface area contributed by atoms with Gasteiger partial charge in [0, 0.05) is 12.7 Å². The van der Waals surface area contributed by atoms with Gasteiger partial charge in [0.05, 0.1) is 16.2 Å². The van der Waals surface area contributed by atoms with E-state index in [4.69, 9.17) is 27.9 Å². The smallest absolute Gasteiger partial charge is 0.270 e. The van der Waals surface area contributed by atoms with Crippen molar-refractivity contribution in [1.29, 1.82) is 0 Å². The van der Waals surface area contributed by atoms with Crippen LogP contribution >= 0.6 is 23.2 Å². The van der Waals surface area contributed by atoms with Gasteiger partial charge in [0.2, 0.25) is 0 Å². The summed E-state index contributed by atoms with van der Waals surface area (Å²) in [5.41, 5.74) is 1.15. The lowest BCUT2D eigenvalue weighted by Gasteiger charge is -2.10. The van der Waals surface area contributed by atoms with Crippen molar-refractivity contribution in [3.63, 3.8) is 0 Å². The molecule has 2 aromatic heterocycles. The number of hydrogen-bond acceptors (Lipinski definition) is 4. The Hall–Kier alpha value is -3.42. The van der Waals surface area contributed by atoms with E-state index in [2.05, 4.69) is 15.4 Å². The first-order chi connectivity index (χ1) is 15.0. The Bertz CT molecular complexity index is 1210. The number of hydrogen-bond donors (Lipinski definition) is 1. The van der Waals surface area contributed by atoms with Crippen LogP contribution in [0, 0.1) is 5.82 Å². The summed E-state index contributed by atoms with van der Waals surface area (Å²) in [7, 11) is 0. The molecule has 0 unspecified atom stereocenters. The topological polar surface area (TPSA) is 69.0 Å². The number of halogens is 3. The highest BCUT2D eigenvalue weighted by Crippen LogP contribution is 2.23. The SMILES string of the molecule is O=C(NCc1ccc(Oc2ccc(F)cc2)cc1)c1ccnn1-c1ncc(Cl)cc1Cl. The number of benzene rings is 2. The van der Waals surface area contributed by atoms with E-state index in [1.807, 2.05) is 12.1 Å². The van der Waals surface area contributed by atoms with Gasteiger partial charge in [0.25, 0.3) is 5.91 Å². The molecular formula is C22H15Cl2FN4O2. The van der Waals surface area contributed by atoms with Crippen molar-refractivity contribution >= 4 is 29.1 Å². The monoisotopic (exact) mass is 456 g/mol. The molecule has 0 aliphatic carbocycles. The van der Waals surface area contributed by atoms with Crippen LogP contribution in [0.15, 0.2) is 73.1 Å². The summed E-state index contributed by atoms with van der Waals surface area (Å²) in [6, 6.07) is 16.1. The van der Waals surface area contributed by atoms with Crippen LogP contribution in [-0.2, 0) is 6.54 Å². The molecule has 2 aromatic carbocycles. The van der Waals surface area contributed by atoms with Crippen molar-refractivity contribution in [3.05, 3.63) is 100 Å². The van der Waals surface area contributed by atoms with Crippen molar-refractivity contribution in [1.82, 2.24) is 20.1 Å². The maximum absolute atomic E-state index is 13.0. The Kier molecular flexibility index (Phi) is 6.16. The molecule has 1 N–H and O–H groups in total. The zero-order valence-corrected chi connectivity index (χ0v) is 17.4. The van der Waals surface area contributed by atoms with Crippen molar-refractivity contribution in [2.75, 3.05) is 0 Å². The van der Waals surface area contributed by atoms with Gasteiger partial charge < -0.3 is 10.1 Å². The highest BCUT2D eigenvalue weighted by molar-refractivity contribution is 6.35. The van der Waals surface area contributed by atoms with E-state index in [9.17, 15) is 9.18 Å². The number of rotatable bonds is 6. The van der Waals surface area contributed by atoms with Crippen molar-refractivity contribution < 1.29 is 13.9 Å². The molecule has 0 bridgehead atoms. The zero-order valence-electron chi connectivity index (χ0n) is 15.9. The van der Waals surface area contributed by atoms with E-state index < -0.39 is 0 Å². The summed E-state index contributed by atoms with van der Waals surface area (Å²) < 4.78 is 20.0. The molecule has 0 saturated heterocycles. The van der Waals surface area contributed by atoms with Crippen LogP contribution in [0.1, 0.15) is 16.1 Å². The summed E-state index contributed by atoms with van der Waals surface area (Å²) in [5, 5.41) is 7.64. The van der Waals surface area contributed by atoms with Gasteiger partial charge in [-0.25, -0.2) is 14.1 Å². The quantitative estimate of drug-likeness (QED) is 0.419. The van der Waals surface area contributed by atoms with E-state index in [0.29, 0.717) is 28.9 Å². The molecule has 0 radical (unpaired) electrons. The van der Waals surface area contributed by atoms with Crippen molar-refractivity contribution in [2.24, 2.45) is 0 Å². The maximum Gasteiger partial charge on any atom is 0.270 e. The minimum absolute atomic E-state index is 0.280. The molecule has 9 heteroatoms. The zero-order chi connectivity index (χ0) is 21.8. The fraction of sp³-hybridized carbons (Fsp3) is 0.0455. The third-order valence-corrected chi connectivity index (χ3v) is 4.77. The minimum atomic E-state index is -0.336. The number of aromatic nitrogens is 3. The van der Waals surface area contributed by atoms with Crippen LogP contribution in [0.25, 0.3) is 5.82 Å². The highest BCUT2D eigenvalue weighted by Gasteiger charge is 2.16. The number of nitrogens with one attached hydrogen (secondary N) is 1. The number of nitrogens with zero attached hydrogens (tertiary/aromatic N) is 3. The second kappa shape index (κ2) is 9.16. The van der Waals surface area contributed by atoms with Gasteiger partial charge in [-0.15, -0.1) is 0 Å². The van der Waals surface area contributed by atoms with Gasteiger partial charge in [-0.2, -0.15) is 5.10 Å².